The molecule has 8 nitrogen and oxygen atoms in total. The first-order valence-electron chi connectivity index (χ1n) is 13.8. The Morgan fingerprint density at radius 1 is 1.00 bits per heavy atom. The molecular formula is C29H35Cl2F3N4O4. The highest BCUT2D eigenvalue weighted by molar-refractivity contribution is 6.34. The van der Waals surface area contributed by atoms with Crippen molar-refractivity contribution in [2.24, 2.45) is 11.8 Å². The van der Waals surface area contributed by atoms with Gasteiger partial charge in [-0.1, -0.05) is 23.2 Å². The van der Waals surface area contributed by atoms with Gasteiger partial charge in [0, 0.05) is 55.9 Å². The molecule has 2 fully saturated rings. The molecule has 0 spiro atoms. The van der Waals surface area contributed by atoms with Gasteiger partial charge in [-0.25, -0.2) is 0 Å². The summed E-state index contributed by atoms with van der Waals surface area (Å²) in [5.74, 6) is 0.122. The van der Waals surface area contributed by atoms with Crippen LogP contribution in [-0.2, 0) is 10.4 Å². The number of hydrogen-bond acceptors (Lipinski definition) is 6. The fourth-order valence-electron chi connectivity index (χ4n) is 5.81. The summed E-state index contributed by atoms with van der Waals surface area (Å²) in [6, 6.07) is 6.63. The highest BCUT2D eigenvalue weighted by atomic mass is 35.5. The Balaban J connectivity index is 1.33. The van der Waals surface area contributed by atoms with Crippen molar-refractivity contribution in [1.82, 2.24) is 14.8 Å². The van der Waals surface area contributed by atoms with E-state index in [1.165, 1.54) is 18.1 Å². The summed E-state index contributed by atoms with van der Waals surface area (Å²) in [5, 5.41) is 10.5. The van der Waals surface area contributed by atoms with Crippen molar-refractivity contribution in [2.75, 3.05) is 52.3 Å². The molecule has 1 N–H and O–H groups in total. The Morgan fingerprint density at radius 3 is 2.05 bits per heavy atom. The summed E-state index contributed by atoms with van der Waals surface area (Å²) in [4.78, 5) is 34.8. The minimum atomic E-state index is -5.26. The number of ether oxygens (including phenoxy) is 1. The van der Waals surface area contributed by atoms with Gasteiger partial charge in [0.1, 0.15) is 11.4 Å². The van der Waals surface area contributed by atoms with E-state index in [1.54, 1.807) is 20.2 Å². The van der Waals surface area contributed by atoms with Crippen molar-refractivity contribution in [3.05, 3.63) is 51.5 Å². The number of methoxy groups -OCH3 is 1. The molecule has 3 heterocycles. The van der Waals surface area contributed by atoms with E-state index in [9.17, 15) is 27.9 Å². The van der Waals surface area contributed by atoms with Crippen LogP contribution >= 0.6 is 23.2 Å². The molecular weight excluding hydrogens is 596 g/mol. The summed E-state index contributed by atoms with van der Waals surface area (Å²) in [7, 11) is 4.82. The van der Waals surface area contributed by atoms with Crippen LogP contribution in [-0.4, -0.2) is 85.3 Å². The van der Waals surface area contributed by atoms with Gasteiger partial charge in [0.2, 0.25) is 5.88 Å². The molecule has 42 heavy (non-hydrogen) atoms. The van der Waals surface area contributed by atoms with Crippen LogP contribution in [0.5, 0.6) is 5.88 Å². The number of amides is 2. The molecule has 2 amide bonds. The van der Waals surface area contributed by atoms with Gasteiger partial charge < -0.3 is 24.5 Å². The normalized spacial score (nSPS) is 18.5. The molecule has 2 aliphatic heterocycles. The lowest BCUT2D eigenvalue weighted by Gasteiger charge is -2.40. The Hall–Kier alpha value is -2.76. The molecule has 13 heteroatoms. The molecule has 0 unspecified atom stereocenters. The second-order valence-electron chi connectivity index (χ2n) is 11.2. The first-order valence-corrected chi connectivity index (χ1v) is 14.6. The zero-order valence-corrected chi connectivity index (χ0v) is 25.3. The van der Waals surface area contributed by atoms with E-state index in [2.05, 4.69) is 9.88 Å². The van der Waals surface area contributed by atoms with Crippen LogP contribution in [0.3, 0.4) is 0 Å². The number of nitrogens with zero attached hydrogens (tertiary/aromatic N) is 4. The van der Waals surface area contributed by atoms with Gasteiger partial charge >= 0.3 is 6.18 Å². The molecule has 2 saturated heterocycles. The van der Waals surface area contributed by atoms with E-state index in [0.717, 1.165) is 55.2 Å². The number of rotatable bonds is 7. The number of aliphatic hydroxyl groups is 1. The minimum absolute atomic E-state index is 0.107. The highest BCUT2D eigenvalue weighted by Crippen LogP contribution is 2.43. The van der Waals surface area contributed by atoms with Crippen LogP contribution in [0.1, 0.15) is 48.0 Å². The molecule has 1 atom stereocenters. The predicted octanol–water partition coefficient (Wildman–Crippen LogP) is 5.39. The lowest BCUT2D eigenvalue weighted by Crippen LogP contribution is -2.57. The lowest BCUT2D eigenvalue weighted by atomic mass is 9.82. The maximum absolute atomic E-state index is 14.1. The quantitative estimate of drug-likeness (QED) is 0.441. The van der Waals surface area contributed by atoms with E-state index in [-0.39, 0.29) is 40.8 Å². The second kappa shape index (κ2) is 12.9. The van der Waals surface area contributed by atoms with Crippen LogP contribution < -0.4 is 9.64 Å². The Labute approximate surface area is 253 Å². The summed E-state index contributed by atoms with van der Waals surface area (Å²) in [6.45, 7) is 1.80. The van der Waals surface area contributed by atoms with Crippen molar-refractivity contribution in [3.63, 3.8) is 0 Å². The van der Waals surface area contributed by atoms with E-state index in [0.29, 0.717) is 24.3 Å². The maximum atomic E-state index is 14.1. The van der Waals surface area contributed by atoms with Gasteiger partial charge in [0.25, 0.3) is 17.4 Å². The third kappa shape index (κ3) is 6.73. The first kappa shape index (κ1) is 32.2. The number of hydrogen-bond donors (Lipinski definition) is 1. The third-order valence-electron chi connectivity index (χ3n) is 8.18. The molecule has 1 aromatic carbocycles. The molecule has 2 aliphatic rings. The molecule has 1 aromatic heterocycles. The van der Waals surface area contributed by atoms with Crippen LogP contribution in [0, 0.1) is 11.8 Å². The van der Waals surface area contributed by atoms with Gasteiger partial charge in [-0.05, 0) is 74.3 Å². The number of carbonyl (C=O) groups excluding carboxylic acids is 2. The van der Waals surface area contributed by atoms with Crippen LogP contribution in [0.15, 0.2) is 30.3 Å². The number of aromatic nitrogens is 1. The van der Waals surface area contributed by atoms with Crippen LogP contribution in [0.4, 0.5) is 19.0 Å². The van der Waals surface area contributed by atoms with Gasteiger partial charge in [-0.3, -0.25) is 9.59 Å². The summed E-state index contributed by atoms with van der Waals surface area (Å²) in [6.07, 6.45) is -1.40. The zero-order chi connectivity index (χ0) is 30.8. The van der Waals surface area contributed by atoms with E-state index in [4.69, 9.17) is 27.9 Å². The Bertz CT molecular complexity index is 1280. The number of piperidine rings is 2. The van der Waals surface area contributed by atoms with Gasteiger partial charge in [0.15, 0.2) is 0 Å². The topological polar surface area (TPSA) is 86.2 Å². The SMILES string of the molecule is COc1nc(N2CCC(CC3CCN(C(=O)[C@](O)(c4cc(Cl)cc(Cl)c4)C(F)(F)F)CC3)CC2)ccc1C(=O)N(C)C. The standard InChI is InChI=1S/C29H35Cl2F3N4O4/c1-36(2)26(39)23-4-5-24(35-25(23)42-3)37-10-6-18(7-11-37)14-19-8-12-38(13-9-19)27(40)28(41,29(32,33)34)20-15-21(30)17-22(31)16-20/h4-5,15-19,41H,6-14H2,1-3H3/t28-/m1/s1. The number of benzene rings is 1. The molecule has 230 valence electrons. The molecule has 0 saturated carbocycles. The van der Waals surface area contributed by atoms with Gasteiger partial charge in [-0.15, -0.1) is 0 Å². The summed E-state index contributed by atoms with van der Waals surface area (Å²) < 4.78 is 47.7. The average Bonchev–Trinajstić information content (AvgIpc) is 2.95. The fraction of sp³-hybridized carbons (Fsp3) is 0.552. The van der Waals surface area contributed by atoms with Crippen LogP contribution in [0.2, 0.25) is 10.0 Å². The number of alkyl halides is 3. The molecule has 0 bridgehead atoms. The maximum Gasteiger partial charge on any atom is 0.430 e. The van der Waals surface area contributed by atoms with Gasteiger partial charge in [-0.2, -0.15) is 18.2 Å². The lowest BCUT2D eigenvalue weighted by molar-refractivity contribution is -0.262. The molecule has 2 aromatic rings. The Morgan fingerprint density at radius 2 is 1.55 bits per heavy atom. The second-order valence-corrected chi connectivity index (χ2v) is 12.1. The molecule has 4 rings (SSSR count). The van der Waals surface area contributed by atoms with Crippen molar-refractivity contribution in [3.8, 4) is 5.88 Å². The monoisotopic (exact) mass is 630 g/mol. The number of carbonyl (C=O) groups is 2. The molecule has 0 aliphatic carbocycles. The smallest absolute Gasteiger partial charge is 0.430 e. The number of anilines is 1. The predicted molar refractivity (Wildman–Crippen MR) is 154 cm³/mol. The Kier molecular flexibility index (Phi) is 9.84. The van der Waals surface area contributed by atoms with Crippen molar-refractivity contribution in [1.29, 1.82) is 0 Å². The van der Waals surface area contributed by atoms with E-state index < -0.39 is 23.2 Å². The average molecular weight is 632 g/mol. The van der Waals surface area contributed by atoms with Gasteiger partial charge in [0.05, 0.1) is 7.11 Å². The summed E-state index contributed by atoms with van der Waals surface area (Å²) >= 11 is 11.8. The third-order valence-corrected chi connectivity index (χ3v) is 8.62. The summed E-state index contributed by atoms with van der Waals surface area (Å²) in [5.41, 5.74) is -4.04. The largest absolute Gasteiger partial charge is 0.480 e. The van der Waals surface area contributed by atoms with Crippen molar-refractivity contribution < 1.29 is 32.6 Å². The van der Waals surface area contributed by atoms with Crippen molar-refractivity contribution in [2.45, 2.75) is 43.9 Å². The van der Waals surface area contributed by atoms with Crippen molar-refractivity contribution >= 4 is 40.8 Å². The van der Waals surface area contributed by atoms with E-state index >= 15 is 0 Å². The van der Waals surface area contributed by atoms with Crippen LogP contribution in [0.25, 0.3) is 0 Å². The number of halogens is 5. The van der Waals surface area contributed by atoms with E-state index in [1.807, 2.05) is 6.07 Å². The number of likely N-dealkylation sites (tertiary alicyclic amines) is 1. The minimum Gasteiger partial charge on any atom is -0.480 e. The first-order chi connectivity index (χ1) is 19.7. The molecule has 0 radical (unpaired) electrons. The number of pyridine rings is 1. The highest BCUT2D eigenvalue weighted by Gasteiger charge is 2.62. The zero-order valence-electron chi connectivity index (χ0n) is 23.8. The fourth-order valence-corrected chi connectivity index (χ4v) is 6.33.